The molecule has 1 atom stereocenters. The zero-order valence-corrected chi connectivity index (χ0v) is 15.8. The van der Waals surface area contributed by atoms with Crippen LogP contribution >= 0.6 is 11.6 Å². The van der Waals surface area contributed by atoms with Crippen LogP contribution in [0.4, 0.5) is 5.69 Å². The number of nitrogens with zero attached hydrogens (tertiary/aromatic N) is 4. The number of halogens is 1. The normalized spacial score (nSPS) is 17.2. The summed E-state index contributed by atoms with van der Waals surface area (Å²) in [5.74, 6) is 0.224. The van der Waals surface area contributed by atoms with Crippen molar-refractivity contribution in [3.05, 3.63) is 57.5 Å². The highest BCUT2D eigenvalue weighted by Gasteiger charge is 2.25. The quantitative estimate of drug-likeness (QED) is 0.824. The van der Waals surface area contributed by atoms with Gasteiger partial charge in [-0.05, 0) is 30.5 Å². The molecule has 0 unspecified atom stereocenters. The number of rotatable bonds is 4. The van der Waals surface area contributed by atoms with E-state index in [1.807, 2.05) is 48.2 Å². The van der Waals surface area contributed by atoms with Crippen molar-refractivity contribution in [3.63, 3.8) is 0 Å². The van der Waals surface area contributed by atoms with E-state index in [2.05, 4.69) is 5.10 Å². The van der Waals surface area contributed by atoms with E-state index in [4.69, 9.17) is 11.6 Å². The first-order valence-electron chi connectivity index (χ1n) is 8.72. The molecule has 2 heterocycles. The lowest BCUT2D eigenvalue weighted by Crippen LogP contribution is -2.42. The molecule has 1 amide bonds. The van der Waals surface area contributed by atoms with Gasteiger partial charge < -0.3 is 9.80 Å². The maximum Gasteiger partial charge on any atom is 0.269 e. The largest absolute Gasteiger partial charge is 0.376 e. The van der Waals surface area contributed by atoms with E-state index in [9.17, 15) is 9.59 Å². The van der Waals surface area contributed by atoms with Gasteiger partial charge >= 0.3 is 0 Å². The third-order valence-electron chi connectivity index (χ3n) is 4.77. The smallest absolute Gasteiger partial charge is 0.269 e. The molecule has 0 spiro atoms. The fourth-order valence-corrected chi connectivity index (χ4v) is 3.35. The summed E-state index contributed by atoms with van der Waals surface area (Å²) in [6, 6.07) is 9.30. The Labute approximate surface area is 158 Å². The van der Waals surface area contributed by atoms with Crippen LogP contribution in [0.3, 0.4) is 0 Å². The predicted molar refractivity (Wildman–Crippen MR) is 103 cm³/mol. The van der Waals surface area contributed by atoms with E-state index in [1.54, 1.807) is 6.20 Å². The molecular formula is C19H23ClN4O2. The van der Waals surface area contributed by atoms with Crippen molar-refractivity contribution in [3.8, 4) is 0 Å². The number of carbonyl (C=O) groups excluding carboxylic acids is 1. The topological polar surface area (TPSA) is 58.4 Å². The molecule has 0 radical (unpaired) electrons. The van der Waals surface area contributed by atoms with Gasteiger partial charge in [0, 0.05) is 44.2 Å². The molecule has 1 aromatic carbocycles. The zero-order valence-electron chi connectivity index (χ0n) is 15.1. The lowest BCUT2D eigenvalue weighted by atomic mass is 9.90. The second-order valence-electron chi connectivity index (χ2n) is 6.83. The standard InChI is InChI=1S/C19H23ClN4O2/c1-22(2)17-10-18(25)24(21-11-17)13-19(26)23-9-3-4-15(12-23)14-5-7-16(20)8-6-14/h5-8,10-11,15H,3-4,9,12-13H2,1-2H3/t15-/m0/s1. The van der Waals surface area contributed by atoms with Gasteiger partial charge in [-0.3, -0.25) is 9.59 Å². The zero-order chi connectivity index (χ0) is 18.7. The van der Waals surface area contributed by atoms with Gasteiger partial charge in [0.1, 0.15) is 6.54 Å². The van der Waals surface area contributed by atoms with Crippen molar-refractivity contribution >= 4 is 23.2 Å². The van der Waals surface area contributed by atoms with E-state index in [1.165, 1.54) is 16.3 Å². The Hall–Kier alpha value is -2.34. The van der Waals surface area contributed by atoms with Crippen LogP contribution in [-0.2, 0) is 11.3 Å². The van der Waals surface area contributed by atoms with E-state index < -0.39 is 0 Å². The second kappa shape index (κ2) is 7.91. The first-order valence-corrected chi connectivity index (χ1v) is 9.09. The van der Waals surface area contributed by atoms with Gasteiger partial charge in [0.15, 0.2) is 0 Å². The Morgan fingerprint density at radius 1 is 1.31 bits per heavy atom. The molecule has 26 heavy (non-hydrogen) atoms. The lowest BCUT2D eigenvalue weighted by molar-refractivity contribution is -0.133. The fraction of sp³-hybridized carbons (Fsp3) is 0.421. The third-order valence-corrected chi connectivity index (χ3v) is 5.02. The average Bonchev–Trinajstić information content (AvgIpc) is 2.64. The Bertz CT molecular complexity index is 832. The summed E-state index contributed by atoms with van der Waals surface area (Å²) in [6.07, 6.45) is 3.59. The van der Waals surface area contributed by atoms with Crippen LogP contribution in [0.15, 0.2) is 41.3 Å². The highest BCUT2D eigenvalue weighted by atomic mass is 35.5. The van der Waals surface area contributed by atoms with E-state index >= 15 is 0 Å². The molecule has 0 bridgehead atoms. The average molecular weight is 375 g/mol. The summed E-state index contributed by atoms with van der Waals surface area (Å²) in [4.78, 5) is 28.5. The minimum absolute atomic E-state index is 0.0279. The summed E-state index contributed by atoms with van der Waals surface area (Å²) >= 11 is 5.96. The van der Waals surface area contributed by atoms with Gasteiger partial charge in [-0.1, -0.05) is 23.7 Å². The van der Waals surface area contributed by atoms with E-state index in [0.29, 0.717) is 24.0 Å². The van der Waals surface area contributed by atoms with Crippen molar-refractivity contribution in [1.82, 2.24) is 14.7 Å². The number of hydrogen-bond acceptors (Lipinski definition) is 4. The molecule has 1 fully saturated rings. The number of anilines is 1. The van der Waals surface area contributed by atoms with Crippen molar-refractivity contribution in [2.45, 2.75) is 25.3 Å². The molecule has 1 aliphatic heterocycles. The van der Waals surface area contributed by atoms with Crippen molar-refractivity contribution in [1.29, 1.82) is 0 Å². The molecule has 0 N–H and O–H groups in total. The fourth-order valence-electron chi connectivity index (χ4n) is 3.23. The molecule has 0 saturated carbocycles. The maximum atomic E-state index is 12.7. The number of piperidine rings is 1. The Kier molecular flexibility index (Phi) is 5.61. The first-order chi connectivity index (χ1) is 12.4. The minimum atomic E-state index is -0.268. The number of likely N-dealkylation sites (tertiary alicyclic amines) is 1. The third kappa shape index (κ3) is 4.25. The van der Waals surface area contributed by atoms with Crippen molar-refractivity contribution in [2.24, 2.45) is 0 Å². The number of hydrogen-bond donors (Lipinski definition) is 0. The molecule has 1 aliphatic rings. The molecule has 0 aliphatic carbocycles. The number of benzene rings is 1. The van der Waals surface area contributed by atoms with Crippen LogP contribution in [0.25, 0.3) is 0 Å². The summed E-state index contributed by atoms with van der Waals surface area (Å²) < 4.78 is 1.22. The molecule has 1 saturated heterocycles. The molecule has 6 nitrogen and oxygen atoms in total. The summed E-state index contributed by atoms with van der Waals surface area (Å²) in [6.45, 7) is 1.35. The van der Waals surface area contributed by atoms with Gasteiger partial charge in [-0.2, -0.15) is 5.10 Å². The number of amides is 1. The van der Waals surface area contributed by atoms with Gasteiger partial charge in [0.25, 0.3) is 5.56 Å². The van der Waals surface area contributed by atoms with Gasteiger partial charge in [0.05, 0.1) is 11.9 Å². The second-order valence-corrected chi connectivity index (χ2v) is 7.27. The first kappa shape index (κ1) is 18.5. The van der Waals surface area contributed by atoms with E-state index in [0.717, 1.165) is 18.5 Å². The minimum Gasteiger partial charge on any atom is -0.376 e. The maximum absolute atomic E-state index is 12.7. The van der Waals surface area contributed by atoms with E-state index in [-0.39, 0.29) is 18.0 Å². The van der Waals surface area contributed by atoms with Crippen LogP contribution in [0.5, 0.6) is 0 Å². The Balaban J connectivity index is 1.68. The summed E-state index contributed by atoms with van der Waals surface area (Å²) in [7, 11) is 3.69. The van der Waals surface area contributed by atoms with Crippen molar-refractivity contribution in [2.75, 3.05) is 32.1 Å². The molecule has 138 valence electrons. The van der Waals surface area contributed by atoms with Gasteiger partial charge in [0.2, 0.25) is 5.91 Å². The Morgan fingerprint density at radius 2 is 2.04 bits per heavy atom. The van der Waals surface area contributed by atoms with Gasteiger partial charge in [-0.25, -0.2) is 4.68 Å². The van der Waals surface area contributed by atoms with Crippen LogP contribution in [-0.4, -0.2) is 47.8 Å². The van der Waals surface area contributed by atoms with Crippen LogP contribution in [0.1, 0.15) is 24.3 Å². The SMILES string of the molecule is CN(C)c1cnn(CC(=O)N2CCC[C@H](c3ccc(Cl)cc3)C2)c(=O)c1. The molecular weight excluding hydrogens is 352 g/mol. The van der Waals surface area contributed by atoms with Crippen LogP contribution < -0.4 is 10.5 Å². The number of aromatic nitrogens is 2. The van der Waals surface area contributed by atoms with Crippen LogP contribution in [0.2, 0.25) is 5.02 Å². The lowest BCUT2D eigenvalue weighted by Gasteiger charge is -2.33. The summed E-state index contributed by atoms with van der Waals surface area (Å²) in [5, 5.41) is 4.83. The highest BCUT2D eigenvalue weighted by molar-refractivity contribution is 6.30. The molecule has 3 rings (SSSR count). The predicted octanol–water partition coefficient (Wildman–Crippen LogP) is 2.37. The molecule has 1 aromatic heterocycles. The van der Waals surface area contributed by atoms with Crippen LogP contribution in [0, 0.1) is 0 Å². The van der Waals surface area contributed by atoms with Gasteiger partial charge in [-0.15, -0.1) is 0 Å². The van der Waals surface area contributed by atoms with Crippen molar-refractivity contribution < 1.29 is 4.79 Å². The number of carbonyl (C=O) groups is 1. The highest BCUT2D eigenvalue weighted by Crippen LogP contribution is 2.27. The molecule has 7 heteroatoms. The Morgan fingerprint density at radius 3 is 2.69 bits per heavy atom. The summed E-state index contributed by atoms with van der Waals surface area (Å²) in [5.41, 5.74) is 1.65. The molecule has 2 aromatic rings. The monoisotopic (exact) mass is 374 g/mol.